The zero-order valence-electron chi connectivity index (χ0n) is 26.4. The number of aromatic nitrogens is 2. The lowest BCUT2D eigenvalue weighted by Gasteiger charge is -2.21. The van der Waals surface area contributed by atoms with Crippen LogP contribution in [0.3, 0.4) is 0 Å². The summed E-state index contributed by atoms with van der Waals surface area (Å²) in [7, 11) is 0. The van der Waals surface area contributed by atoms with Crippen molar-refractivity contribution in [3.63, 3.8) is 0 Å². The van der Waals surface area contributed by atoms with E-state index in [1.54, 1.807) is 0 Å². The Morgan fingerprint density at radius 3 is 1.51 bits per heavy atom. The van der Waals surface area contributed by atoms with Gasteiger partial charge in [0.25, 0.3) is 0 Å². The summed E-state index contributed by atoms with van der Waals surface area (Å²) in [5, 5.41) is 5.16. The Hall–Kier alpha value is -5.86. The SMILES string of the molecule is CC1(C)c2ccc(-c3ccc4c(c3)c3ccccc3n4-c3ccccc3)cc2-c2cc3c(cc21)c1ccccc1n3-c1ccccc1. The predicted molar refractivity (Wildman–Crippen MR) is 198 cm³/mol. The number of rotatable bonds is 3. The molecule has 2 heterocycles. The molecule has 0 N–H and O–H groups in total. The van der Waals surface area contributed by atoms with Crippen LogP contribution in [0.4, 0.5) is 0 Å². The summed E-state index contributed by atoms with van der Waals surface area (Å²) in [4.78, 5) is 0. The van der Waals surface area contributed by atoms with E-state index in [1.165, 1.54) is 88.4 Å². The fourth-order valence-electron chi connectivity index (χ4n) is 8.25. The summed E-state index contributed by atoms with van der Waals surface area (Å²) in [6.45, 7) is 4.76. The Labute approximate surface area is 273 Å². The third kappa shape index (κ3) is 3.67. The highest BCUT2D eigenvalue weighted by molar-refractivity contribution is 6.12. The molecule has 222 valence electrons. The van der Waals surface area contributed by atoms with Gasteiger partial charge in [0.15, 0.2) is 0 Å². The highest BCUT2D eigenvalue weighted by Gasteiger charge is 2.36. The molecule has 0 atom stereocenters. The molecule has 10 rings (SSSR count). The minimum absolute atomic E-state index is 0.0968. The Balaban J connectivity index is 1.19. The van der Waals surface area contributed by atoms with E-state index in [4.69, 9.17) is 0 Å². The van der Waals surface area contributed by atoms with Crippen LogP contribution < -0.4 is 0 Å². The van der Waals surface area contributed by atoms with Crippen molar-refractivity contribution in [2.24, 2.45) is 0 Å². The molecular weight excluding hydrogens is 569 g/mol. The van der Waals surface area contributed by atoms with Crippen LogP contribution in [0.5, 0.6) is 0 Å². The van der Waals surface area contributed by atoms with Crippen LogP contribution in [0.1, 0.15) is 25.0 Å². The highest BCUT2D eigenvalue weighted by Crippen LogP contribution is 2.52. The number of nitrogens with zero attached hydrogens (tertiary/aromatic N) is 2. The average Bonchev–Trinajstić information content (AvgIpc) is 3.71. The van der Waals surface area contributed by atoms with Crippen LogP contribution in [0.25, 0.3) is 77.2 Å². The second-order valence-corrected chi connectivity index (χ2v) is 13.4. The minimum Gasteiger partial charge on any atom is -0.309 e. The van der Waals surface area contributed by atoms with Gasteiger partial charge in [-0.15, -0.1) is 0 Å². The predicted octanol–water partition coefficient (Wildman–Crippen LogP) is 11.9. The fourth-order valence-corrected chi connectivity index (χ4v) is 8.25. The summed E-state index contributed by atoms with van der Waals surface area (Å²) in [5.41, 5.74) is 15.2. The summed E-state index contributed by atoms with van der Waals surface area (Å²) < 4.78 is 4.81. The summed E-state index contributed by atoms with van der Waals surface area (Å²) >= 11 is 0. The molecule has 2 aromatic heterocycles. The lowest BCUT2D eigenvalue weighted by molar-refractivity contribution is 0.661. The number of para-hydroxylation sites is 4. The molecule has 0 aliphatic heterocycles. The molecule has 0 unspecified atom stereocenters. The number of hydrogen-bond donors (Lipinski definition) is 0. The Kier molecular flexibility index (Phi) is 5.37. The first-order valence-electron chi connectivity index (χ1n) is 16.4. The zero-order valence-corrected chi connectivity index (χ0v) is 26.4. The molecule has 0 saturated heterocycles. The third-order valence-corrected chi connectivity index (χ3v) is 10.5. The smallest absolute Gasteiger partial charge is 0.0547 e. The third-order valence-electron chi connectivity index (χ3n) is 10.5. The molecule has 0 spiro atoms. The Morgan fingerprint density at radius 2 is 0.851 bits per heavy atom. The first kappa shape index (κ1) is 26.4. The summed E-state index contributed by atoms with van der Waals surface area (Å²) in [6.07, 6.45) is 0. The van der Waals surface area contributed by atoms with Gasteiger partial charge in [0, 0.05) is 38.3 Å². The quantitative estimate of drug-likeness (QED) is 0.191. The lowest BCUT2D eigenvalue weighted by Crippen LogP contribution is -2.14. The maximum Gasteiger partial charge on any atom is 0.0547 e. The van der Waals surface area contributed by atoms with Gasteiger partial charge in [-0.25, -0.2) is 0 Å². The molecule has 7 aromatic carbocycles. The van der Waals surface area contributed by atoms with E-state index in [0.29, 0.717) is 0 Å². The summed E-state index contributed by atoms with van der Waals surface area (Å²) in [6, 6.07) is 58.0. The van der Waals surface area contributed by atoms with Gasteiger partial charge in [-0.05, 0) is 100 Å². The van der Waals surface area contributed by atoms with E-state index in [1.807, 2.05) is 0 Å². The van der Waals surface area contributed by atoms with Gasteiger partial charge in [0.1, 0.15) is 0 Å². The van der Waals surface area contributed by atoms with Crippen LogP contribution >= 0.6 is 0 Å². The van der Waals surface area contributed by atoms with E-state index < -0.39 is 0 Å². The molecule has 0 fully saturated rings. The van der Waals surface area contributed by atoms with Crippen molar-refractivity contribution in [1.29, 1.82) is 0 Å². The Morgan fingerprint density at radius 1 is 0.362 bits per heavy atom. The molecule has 0 saturated carbocycles. The number of hydrogen-bond acceptors (Lipinski definition) is 0. The monoisotopic (exact) mass is 600 g/mol. The number of fused-ring (bicyclic) bond motifs is 9. The molecule has 0 radical (unpaired) electrons. The molecular formula is C45H32N2. The maximum atomic E-state index is 2.47. The van der Waals surface area contributed by atoms with Crippen LogP contribution in [0.15, 0.2) is 158 Å². The first-order valence-corrected chi connectivity index (χ1v) is 16.4. The largest absolute Gasteiger partial charge is 0.309 e. The van der Waals surface area contributed by atoms with Gasteiger partial charge in [-0.1, -0.05) is 105 Å². The van der Waals surface area contributed by atoms with Crippen molar-refractivity contribution in [3.8, 4) is 33.6 Å². The van der Waals surface area contributed by atoms with Gasteiger partial charge in [-0.3, -0.25) is 0 Å². The van der Waals surface area contributed by atoms with Crippen LogP contribution in [0, 0.1) is 0 Å². The van der Waals surface area contributed by atoms with Crippen molar-refractivity contribution in [1.82, 2.24) is 9.13 Å². The fraction of sp³-hybridized carbons (Fsp3) is 0.0667. The molecule has 2 heteroatoms. The molecule has 1 aliphatic rings. The second kappa shape index (κ2) is 9.57. The van der Waals surface area contributed by atoms with Gasteiger partial charge < -0.3 is 9.13 Å². The highest BCUT2D eigenvalue weighted by atomic mass is 15.0. The lowest BCUT2D eigenvalue weighted by atomic mass is 9.81. The number of benzene rings is 7. The molecule has 0 amide bonds. The van der Waals surface area contributed by atoms with E-state index in [-0.39, 0.29) is 5.41 Å². The summed E-state index contributed by atoms with van der Waals surface area (Å²) in [5.74, 6) is 0. The van der Waals surface area contributed by atoms with Crippen molar-refractivity contribution in [2.45, 2.75) is 19.3 Å². The van der Waals surface area contributed by atoms with Gasteiger partial charge in [0.05, 0.1) is 22.1 Å². The van der Waals surface area contributed by atoms with E-state index >= 15 is 0 Å². The van der Waals surface area contributed by atoms with E-state index in [9.17, 15) is 0 Å². The molecule has 9 aromatic rings. The topological polar surface area (TPSA) is 9.86 Å². The average molecular weight is 601 g/mol. The molecule has 0 bridgehead atoms. The van der Waals surface area contributed by atoms with Crippen LogP contribution in [-0.2, 0) is 5.41 Å². The van der Waals surface area contributed by atoms with Crippen molar-refractivity contribution >= 4 is 43.6 Å². The minimum atomic E-state index is -0.0968. The molecule has 1 aliphatic carbocycles. The van der Waals surface area contributed by atoms with E-state index in [2.05, 4.69) is 181 Å². The van der Waals surface area contributed by atoms with Gasteiger partial charge >= 0.3 is 0 Å². The van der Waals surface area contributed by atoms with Crippen LogP contribution in [-0.4, -0.2) is 9.13 Å². The Bertz CT molecular complexity index is 2690. The van der Waals surface area contributed by atoms with Crippen molar-refractivity contribution in [3.05, 3.63) is 169 Å². The van der Waals surface area contributed by atoms with Crippen molar-refractivity contribution in [2.75, 3.05) is 0 Å². The van der Waals surface area contributed by atoms with Gasteiger partial charge in [-0.2, -0.15) is 0 Å². The molecule has 2 nitrogen and oxygen atoms in total. The second-order valence-electron chi connectivity index (χ2n) is 13.4. The van der Waals surface area contributed by atoms with Crippen molar-refractivity contribution < 1.29 is 0 Å². The van der Waals surface area contributed by atoms with Gasteiger partial charge in [0.2, 0.25) is 0 Å². The normalized spacial score (nSPS) is 13.5. The maximum absolute atomic E-state index is 2.47. The standard InChI is InChI=1S/C45H32N2/c1-45(2)39-23-21-29(30-22-24-43-37(26-30)33-17-9-11-19-41(33)46(43)31-13-5-3-6-14-31)25-35(39)36-28-44-38(27-40(36)45)34-18-10-12-20-42(34)47(44)32-15-7-4-8-16-32/h3-28H,1-2H3. The molecule has 47 heavy (non-hydrogen) atoms. The zero-order chi connectivity index (χ0) is 31.3. The van der Waals surface area contributed by atoms with E-state index in [0.717, 1.165) is 0 Å². The first-order chi connectivity index (χ1) is 23.1. The van der Waals surface area contributed by atoms with Crippen LogP contribution in [0.2, 0.25) is 0 Å².